The van der Waals surface area contributed by atoms with E-state index in [2.05, 4.69) is 0 Å². The van der Waals surface area contributed by atoms with Crippen LogP contribution in [0.5, 0.6) is 0 Å². The summed E-state index contributed by atoms with van der Waals surface area (Å²) < 4.78 is 11.0. The Balaban J connectivity index is 2.32. The molecule has 0 aromatic rings. The molecule has 0 saturated carbocycles. The fourth-order valence-electron chi connectivity index (χ4n) is 1.40. The molecule has 1 aliphatic heterocycles. The van der Waals surface area contributed by atoms with E-state index in [0.717, 1.165) is 6.42 Å². The Kier molecular flexibility index (Phi) is 3.29. The van der Waals surface area contributed by atoms with Crippen LogP contribution in [-0.4, -0.2) is 30.6 Å². The Bertz CT molecular complexity index is 171. The van der Waals surface area contributed by atoms with Crippen molar-refractivity contribution < 1.29 is 9.47 Å². The first kappa shape index (κ1) is 10.9. The number of rotatable bonds is 3. The zero-order valence-electron chi connectivity index (χ0n) is 8.62. The molecule has 3 unspecified atom stereocenters. The number of hydrogen-bond acceptors (Lipinski definition) is 4. The molecule has 4 N–H and O–H groups in total. The number of ether oxygens (including phenoxy) is 2. The second-order valence-corrected chi connectivity index (χ2v) is 4.21. The predicted octanol–water partition coefficient (Wildman–Crippen LogP) is 0.203. The largest absolute Gasteiger partial charge is 0.348 e. The summed E-state index contributed by atoms with van der Waals surface area (Å²) in [6.45, 7) is 6.34. The Morgan fingerprint density at radius 2 is 2.08 bits per heavy atom. The molecule has 0 aromatic carbocycles. The van der Waals surface area contributed by atoms with Crippen LogP contribution in [0.15, 0.2) is 0 Å². The molecule has 4 nitrogen and oxygen atoms in total. The summed E-state index contributed by atoms with van der Waals surface area (Å²) in [5, 5.41) is 0. The second kappa shape index (κ2) is 3.92. The van der Waals surface area contributed by atoms with Gasteiger partial charge in [-0.2, -0.15) is 0 Å². The summed E-state index contributed by atoms with van der Waals surface area (Å²) in [7, 11) is 0. The molecular formula is C9H20N2O2. The van der Waals surface area contributed by atoms with Gasteiger partial charge in [0.2, 0.25) is 0 Å². The molecule has 0 spiro atoms. The molecule has 0 amide bonds. The van der Waals surface area contributed by atoms with Crippen molar-refractivity contribution in [2.45, 2.75) is 51.2 Å². The first-order valence-corrected chi connectivity index (χ1v) is 4.73. The highest BCUT2D eigenvalue weighted by atomic mass is 16.7. The van der Waals surface area contributed by atoms with E-state index in [9.17, 15) is 0 Å². The van der Waals surface area contributed by atoms with E-state index in [0.29, 0.717) is 6.61 Å². The van der Waals surface area contributed by atoms with Crippen molar-refractivity contribution in [3.8, 4) is 0 Å². The molecule has 1 heterocycles. The summed E-state index contributed by atoms with van der Waals surface area (Å²) in [4.78, 5) is 0. The van der Waals surface area contributed by atoms with Gasteiger partial charge in [0.15, 0.2) is 5.79 Å². The van der Waals surface area contributed by atoms with E-state index < -0.39 is 5.79 Å². The zero-order chi connectivity index (χ0) is 10.1. The molecule has 0 aromatic heterocycles. The third kappa shape index (κ3) is 3.23. The van der Waals surface area contributed by atoms with Crippen LogP contribution < -0.4 is 11.5 Å². The average molecular weight is 188 g/mol. The molecule has 0 bridgehead atoms. The summed E-state index contributed by atoms with van der Waals surface area (Å²) in [6.07, 6.45) is 0.858. The van der Waals surface area contributed by atoms with Crippen molar-refractivity contribution in [3.05, 3.63) is 0 Å². The van der Waals surface area contributed by atoms with E-state index in [4.69, 9.17) is 20.9 Å². The monoisotopic (exact) mass is 188 g/mol. The summed E-state index contributed by atoms with van der Waals surface area (Å²) >= 11 is 0. The lowest BCUT2D eigenvalue weighted by atomic mass is 10.1. The molecule has 78 valence electrons. The lowest BCUT2D eigenvalue weighted by Gasteiger charge is -2.20. The highest BCUT2D eigenvalue weighted by Gasteiger charge is 2.33. The van der Waals surface area contributed by atoms with Crippen LogP contribution in [0.2, 0.25) is 0 Å². The molecule has 0 radical (unpaired) electrons. The topological polar surface area (TPSA) is 70.5 Å². The van der Waals surface area contributed by atoms with Crippen molar-refractivity contribution in [1.29, 1.82) is 0 Å². The van der Waals surface area contributed by atoms with Crippen LogP contribution in [0.1, 0.15) is 27.2 Å². The molecule has 1 rings (SSSR count). The SMILES string of the molecule is CC(N)C(N)CC1COC(C)(C)O1. The third-order valence-electron chi connectivity index (χ3n) is 2.28. The number of hydrogen-bond donors (Lipinski definition) is 2. The van der Waals surface area contributed by atoms with E-state index >= 15 is 0 Å². The number of nitrogens with two attached hydrogens (primary N) is 2. The van der Waals surface area contributed by atoms with Gasteiger partial charge in [-0.25, -0.2) is 0 Å². The van der Waals surface area contributed by atoms with Gasteiger partial charge in [0.05, 0.1) is 12.7 Å². The van der Waals surface area contributed by atoms with Crippen molar-refractivity contribution in [2.75, 3.05) is 6.61 Å². The minimum atomic E-state index is -0.456. The molecule has 1 fully saturated rings. The van der Waals surface area contributed by atoms with Crippen LogP contribution >= 0.6 is 0 Å². The Hall–Kier alpha value is -0.160. The standard InChI is InChI=1S/C9H20N2O2/c1-6(10)8(11)4-7-5-12-9(2,3)13-7/h6-8H,4-5,10-11H2,1-3H3. The van der Waals surface area contributed by atoms with Gasteiger partial charge in [-0.15, -0.1) is 0 Å². The predicted molar refractivity (Wildman–Crippen MR) is 51.1 cm³/mol. The molecule has 0 aliphatic carbocycles. The van der Waals surface area contributed by atoms with Crippen LogP contribution in [-0.2, 0) is 9.47 Å². The third-order valence-corrected chi connectivity index (χ3v) is 2.28. The minimum Gasteiger partial charge on any atom is -0.348 e. The lowest BCUT2D eigenvalue weighted by Crippen LogP contribution is -2.42. The van der Waals surface area contributed by atoms with Crippen LogP contribution in [0.4, 0.5) is 0 Å². The first-order chi connectivity index (χ1) is 5.91. The normalized spacial score (nSPS) is 31.6. The minimum absolute atomic E-state index is 0.00677. The van der Waals surface area contributed by atoms with Gasteiger partial charge in [0.1, 0.15) is 0 Å². The summed E-state index contributed by atoms with van der Waals surface area (Å²) in [5.41, 5.74) is 11.5. The highest BCUT2D eigenvalue weighted by Crippen LogP contribution is 2.24. The van der Waals surface area contributed by atoms with Crippen molar-refractivity contribution in [3.63, 3.8) is 0 Å². The maximum absolute atomic E-state index is 5.82. The Labute approximate surface area is 79.6 Å². The molecule has 13 heavy (non-hydrogen) atoms. The van der Waals surface area contributed by atoms with Gasteiger partial charge in [-0.05, 0) is 27.2 Å². The summed E-state index contributed by atoms with van der Waals surface area (Å²) in [5.74, 6) is -0.456. The maximum atomic E-state index is 5.82. The van der Waals surface area contributed by atoms with E-state index in [1.165, 1.54) is 0 Å². The zero-order valence-corrected chi connectivity index (χ0v) is 8.62. The summed E-state index contributed by atoms with van der Waals surface area (Å²) in [6, 6.07) is -0.00480. The van der Waals surface area contributed by atoms with Gasteiger partial charge in [-0.3, -0.25) is 0 Å². The van der Waals surface area contributed by atoms with Crippen LogP contribution in [0.25, 0.3) is 0 Å². The van der Waals surface area contributed by atoms with Crippen LogP contribution in [0.3, 0.4) is 0 Å². The first-order valence-electron chi connectivity index (χ1n) is 4.73. The lowest BCUT2D eigenvalue weighted by molar-refractivity contribution is -0.139. The smallest absolute Gasteiger partial charge is 0.163 e. The molecule has 1 saturated heterocycles. The molecule has 4 heteroatoms. The maximum Gasteiger partial charge on any atom is 0.163 e. The van der Waals surface area contributed by atoms with Gasteiger partial charge >= 0.3 is 0 Å². The fourth-order valence-corrected chi connectivity index (χ4v) is 1.40. The van der Waals surface area contributed by atoms with E-state index in [-0.39, 0.29) is 18.2 Å². The average Bonchev–Trinajstić information content (AvgIpc) is 2.30. The quantitative estimate of drug-likeness (QED) is 0.664. The van der Waals surface area contributed by atoms with E-state index in [1.807, 2.05) is 20.8 Å². The van der Waals surface area contributed by atoms with E-state index in [1.54, 1.807) is 0 Å². The van der Waals surface area contributed by atoms with Gasteiger partial charge < -0.3 is 20.9 Å². The molecular weight excluding hydrogens is 168 g/mol. The highest BCUT2D eigenvalue weighted by molar-refractivity contribution is 4.79. The van der Waals surface area contributed by atoms with Gasteiger partial charge in [0.25, 0.3) is 0 Å². The second-order valence-electron chi connectivity index (χ2n) is 4.21. The van der Waals surface area contributed by atoms with Crippen LogP contribution in [0, 0.1) is 0 Å². The van der Waals surface area contributed by atoms with Gasteiger partial charge in [-0.1, -0.05) is 0 Å². The Morgan fingerprint density at radius 3 is 2.46 bits per heavy atom. The molecule has 1 aliphatic rings. The Morgan fingerprint density at radius 1 is 1.46 bits per heavy atom. The van der Waals surface area contributed by atoms with Crippen molar-refractivity contribution >= 4 is 0 Å². The molecule has 3 atom stereocenters. The van der Waals surface area contributed by atoms with Gasteiger partial charge in [0, 0.05) is 12.1 Å². The van der Waals surface area contributed by atoms with Crippen molar-refractivity contribution in [1.82, 2.24) is 0 Å². The fraction of sp³-hybridized carbons (Fsp3) is 1.00. The van der Waals surface area contributed by atoms with Crippen molar-refractivity contribution in [2.24, 2.45) is 11.5 Å².